The second-order valence-corrected chi connectivity index (χ2v) is 5.25. The maximum absolute atomic E-state index is 12.7. The predicted molar refractivity (Wildman–Crippen MR) is 49.9 cm³/mol. The van der Waals surface area contributed by atoms with Gasteiger partial charge in [0.1, 0.15) is 12.7 Å². The quantitative estimate of drug-likeness (QED) is 0.693. The summed E-state index contributed by atoms with van der Waals surface area (Å²) >= 11 is 0. The number of hydrogen-bond donors (Lipinski definition) is 0. The highest BCUT2D eigenvalue weighted by molar-refractivity contribution is 5.76. The third kappa shape index (κ3) is 1.44. The Bertz CT molecular complexity index is 326. The summed E-state index contributed by atoms with van der Waals surface area (Å²) in [6, 6.07) is 0. The minimum absolute atomic E-state index is 0.0111. The van der Waals surface area contributed by atoms with Crippen LogP contribution in [-0.4, -0.2) is 30.7 Å². The largest absolute Gasteiger partial charge is 0.459 e. The van der Waals surface area contributed by atoms with Crippen molar-refractivity contribution in [2.45, 2.75) is 37.9 Å². The summed E-state index contributed by atoms with van der Waals surface area (Å²) in [5.41, 5.74) is 0. The van der Waals surface area contributed by atoms with Crippen LogP contribution in [0.1, 0.15) is 19.8 Å². The molecule has 1 aliphatic heterocycles. The zero-order valence-corrected chi connectivity index (χ0v) is 8.99. The molecule has 1 heterocycles. The first-order chi connectivity index (χ1) is 7.46. The smallest absolute Gasteiger partial charge is 0.309 e. The Kier molecular flexibility index (Phi) is 2.06. The second-order valence-electron chi connectivity index (χ2n) is 5.25. The lowest BCUT2D eigenvalue weighted by Gasteiger charge is -2.26. The van der Waals surface area contributed by atoms with E-state index in [1.54, 1.807) is 0 Å². The summed E-state index contributed by atoms with van der Waals surface area (Å²) in [7, 11) is 0. The van der Waals surface area contributed by atoms with Crippen LogP contribution < -0.4 is 0 Å². The molecule has 3 nitrogen and oxygen atoms in total. The molecule has 16 heavy (non-hydrogen) atoms. The van der Waals surface area contributed by atoms with E-state index in [-0.39, 0.29) is 35.9 Å². The van der Waals surface area contributed by atoms with Crippen molar-refractivity contribution in [3.05, 3.63) is 0 Å². The van der Waals surface area contributed by atoms with E-state index < -0.39 is 12.5 Å². The third-order valence-corrected chi connectivity index (χ3v) is 3.94. The van der Waals surface area contributed by atoms with Crippen molar-refractivity contribution >= 4 is 5.97 Å². The lowest BCUT2D eigenvalue weighted by molar-refractivity contribution is -0.152. The van der Waals surface area contributed by atoms with Crippen LogP contribution in [0.5, 0.6) is 0 Å². The molecule has 0 aromatic carbocycles. The van der Waals surface area contributed by atoms with Crippen LogP contribution in [0.4, 0.5) is 8.78 Å². The molecule has 3 aliphatic rings. The van der Waals surface area contributed by atoms with Gasteiger partial charge in [0.15, 0.2) is 0 Å². The number of carbonyl (C=O) groups is 1. The van der Waals surface area contributed by atoms with Gasteiger partial charge in [0, 0.05) is 12.8 Å². The van der Waals surface area contributed by atoms with E-state index in [0.717, 1.165) is 19.8 Å². The van der Waals surface area contributed by atoms with Gasteiger partial charge < -0.3 is 9.47 Å². The number of halogens is 2. The van der Waals surface area contributed by atoms with Crippen molar-refractivity contribution in [1.29, 1.82) is 0 Å². The molecule has 0 aromatic rings. The number of hydrogen-bond acceptors (Lipinski definition) is 3. The van der Waals surface area contributed by atoms with Crippen molar-refractivity contribution in [2.24, 2.45) is 17.8 Å². The SMILES string of the molecule is CC(F)(F)COC1C2CC3C(=O)OC1C3C2. The van der Waals surface area contributed by atoms with Gasteiger partial charge in [-0.05, 0) is 18.8 Å². The highest BCUT2D eigenvalue weighted by Gasteiger charge is 2.62. The van der Waals surface area contributed by atoms with Gasteiger partial charge in [0.05, 0.1) is 12.0 Å². The first-order valence-electron chi connectivity index (χ1n) is 5.65. The fourth-order valence-corrected chi connectivity index (χ4v) is 3.37. The molecule has 3 rings (SSSR count). The van der Waals surface area contributed by atoms with E-state index in [2.05, 4.69) is 0 Å². The Morgan fingerprint density at radius 2 is 2.25 bits per heavy atom. The maximum atomic E-state index is 12.7. The number of carbonyl (C=O) groups excluding carboxylic acids is 1. The number of esters is 1. The standard InChI is InChI=1S/C11H14F2O3/c1-11(12,13)4-15-8-5-2-6-7(3-5)10(14)16-9(6)8/h5-9H,2-4H2,1H3. The first kappa shape index (κ1) is 10.4. The van der Waals surface area contributed by atoms with E-state index in [9.17, 15) is 13.6 Å². The van der Waals surface area contributed by atoms with Gasteiger partial charge in [-0.3, -0.25) is 4.79 Å². The van der Waals surface area contributed by atoms with E-state index >= 15 is 0 Å². The zero-order valence-electron chi connectivity index (χ0n) is 8.99. The number of ether oxygens (including phenoxy) is 2. The molecule has 90 valence electrons. The lowest BCUT2D eigenvalue weighted by atomic mass is 9.88. The van der Waals surface area contributed by atoms with Crippen molar-refractivity contribution in [1.82, 2.24) is 0 Å². The van der Waals surface area contributed by atoms with Gasteiger partial charge >= 0.3 is 5.97 Å². The highest BCUT2D eigenvalue weighted by Crippen LogP contribution is 2.55. The number of fused-ring (bicyclic) bond motifs is 1. The fraction of sp³-hybridized carbons (Fsp3) is 0.909. The average Bonchev–Trinajstić information content (AvgIpc) is 2.74. The Morgan fingerprint density at radius 3 is 2.94 bits per heavy atom. The van der Waals surface area contributed by atoms with Crippen LogP contribution in [0.15, 0.2) is 0 Å². The molecule has 2 saturated carbocycles. The summed E-state index contributed by atoms with van der Waals surface area (Å²) in [6.07, 6.45) is 1.07. The van der Waals surface area contributed by atoms with Gasteiger partial charge in [0.2, 0.25) is 0 Å². The fourth-order valence-electron chi connectivity index (χ4n) is 3.37. The van der Waals surface area contributed by atoms with E-state index in [0.29, 0.717) is 0 Å². The average molecular weight is 232 g/mol. The van der Waals surface area contributed by atoms with E-state index in [1.807, 2.05) is 0 Å². The maximum Gasteiger partial charge on any atom is 0.309 e. The molecule has 5 heteroatoms. The molecule has 0 aromatic heterocycles. The molecule has 5 unspecified atom stereocenters. The van der Waals surface area contributed by atoms with Crippen LogP contribution in [0, 0.1) is 17.8 Å². The molecule has 3 fully saturated rings. The van der Waals surface area contributed by atoms with Crippen molar-refractivity contribution < 1.29 is 23.0 Å². The minimum atomic E-state index is -2.82. The van der Waals surface area contributed by atoms with Crippen LogP contribution >= 0.6 is 0 Å². The normalized spacial score (nSPS) is 45.2. The van der Waals surface area contributed by atoms with Gasteiger partial charge in [-0.15, -0.1) is 0 Å². The third-order valence-electron chi connectivity index (χ3n) is 3.94. The monoisotopic (exact) mass is 232 g/mol. The van der Waals surface area contributed by atoms with Crippen LogP contribution in [-0.2, 0) is 14.3 Å². The second kappa shape index (κ2) is 3.15. The minimum Gasteiger partial charge on any atom is -0.459 e. The Labute approximate surface area is 92.1 Å². The van der Waals surface area contributed by atoms with Crippen molar-refractivity contribution in [3.8, 4) is 0 Å². The molecule has 1 saturated heterocycles. The molecule has 2 bridgehead atoms. The Hall–Kier alpha value is -0.710. The Morgan fingerprint density at radius 1 is 1.50 bits per heavy atom. The Balaban J connectivity index is 1.68. The van der Waals surface area contributed by atoms with Crippen molar-refractivity contribution in [3.63, 3.8) is 0 Å². The first-order valence-corrected chi connectivity index (χ1v) is 5.65. The van der Waals surface area contributed by atoms with Crippen LogP contribution in [0.2, 0.25) is 0 Å². The predicted octanol–water partition coefficient (Wildman–Crippen LogP) is 1.61. The molecular formula is C11H14F2O3. The molecule has 2 aliphatic carbocycles. The molecular weight excluding hydrogens is 218 g/mol. The van der Waals surface area contributed by atoms with Gasteiger partial charge in [-0.2, -0.15) is 0 Å². The molecule has 5 atom stereocenters. The van der Waals surface area contributed by atoms with Crippen LogP contribution in [0.25, 0.3) is 0 Å². The highest BCUT2D eigenvalue weighted by atomic mass is 19.3. The van der Waals surface area contributed by atoms with Crippen molar-refractivity contribution in [2.75, 3.05) is 6.61 Å². The summed E-state index contributed by atoms with van der Waals surface area (Å²) in [5.74, 6) is -2.52. The number of alkyl halides is 2. The molecule has 0 N–H and O–H groups in total. The zero-order chi connectivity index (χ0) is 11.5. The summed E-state index contributed by atoms with van der Waals surface area (Å²) in [6.45, 7) is 0.253. The van der Waals surface area contributed by atoms with E-state index in [4.69, 9.17) is 9.47 Å². The lowest BCUT2D eigenvalue weighted by Crippen LogP contribution is -2.37. The summed E-state index contributed by atoms with van der Waals surface area (Å²) in [5, 5.41) is 0. The van der Waals surface area contributed by atoms with Gasteiger partial charge in [-0.25, -0.2) is 8.78 Å². The van der Waals surface area contributed by atoms with E-state index in [1.165, 1.54) is 0 Å². The van der Waals surface area contributed by atoms with Gasteiger partial charge in [0.25, 0.3) is 5.92 Å². The number of rotatable bonds is 3. The molecule has 0 spiro atoms. The molecule has 0 amide bonds. The molecule has 0 radical (unpaired) electrons. The summed E-state index contributed by atoms with van der Waals surface area (Å²) in [4.78, 5) is 11.4. The van der Waals surface area contributed by atoms with Crippen LogP contribution in [0.3, 0.4) is 0 Å². The summed E-state index contributed by atoms with van der Waals surface area (Å²) < 4.78 is 35.9. The van der Waals surface area contributed by atoms with Gasteiger partial charge in [-0.1, -0.05) is 0 Å². The topological polar surface area (TPSA) is 35.5 Å².